The van der Waals surface area contributed by atoms with Crippen molar-refractivity contribution >= 4 is 0 Å². The zero-order valence-corrected chi connectivity index (χ0v) is 12.9. The third kappa shape index (κ3) is 3.66. The number of hydrogen-bond donors (Lipinski definition) is 1. The number of unbranched alkanes of at least 4 members (excludes halogenated alkanes) is 3. The van der Waals surface area contributed by atoms with E-state index in [0.717, 1.165) is 24.3 Å². The number of benzene rings is 1. The Morgan fingerprint density at radius 3 is 2.85 bits per heavy atom. The van der Waals surface area contributed by atoms with Gasteiger partial charge in [0.15, 0.2) is 0 Å². The maximum atomic E-state index is 6.17. The van der Waals surface area contributed by atoms with Gasteiger partial charge in [0.1, 0.15) is 17.6 Å². The highest BCUT2D eigenvalue weighted by Gasteiger charge is 2.27. The van der Waals surface area contributed by atoms with Gasteiger partial charge >= 0.3 is 0 Å². The predicted octanol–water partition coefficient (Wildman–Crippen LogP) is 4.08. The van der Waals surface area contributed by atoms with Gasteiger partial charge in [-0.3, -0.25) is 0 Å². The molecule has 1 heterocycles. The lowest BCUT2D eigenvalue weighted by Gasteiger charge is -2.32. The Morgan fingerprint density at radius 2 is 2.15 bits per heavy atom. The first-order chi connectivity index (χ1) is 9.78. The van der Waals surface area contributed by atoms with Crippen molar-refractivity contribution in [3.63, 3.8) is 0 Å². The Hall–Kier alpha value is -1.22. The van der Waals surface area contributed by atoms with Gasteiger partial charge in [0.2, 0.25) is 0 Å². The van der Waals surface area contributed by atoms with Crippen LogP contribution in [0.1, 0.15) is 57.1 Å². The molecule has 0 aliphatic carbocycles. The smallest absolute Gasteiger partial charge is 0.128 e. The minimum Gasteiger partial charge on any atom is -0.497 e. The molecule has 0 fully saturated rings. The highest BCUT2D eigenvalue weighted by atomic mass is 16.5. The zero-order chi connectivity index (χ0) is 14.4. The Labute approximate surface area is 122 Å². The van der Waals surface area contributed by atoms with Crippen LogP contribution in [0.15, 0.2) is 18.2 Å². The second kappa shape index (κ2) is 7.53. The van der Waals surface area contributed by atoms with Crippen LogP contribution in [0.4, 0.5) is 0 Å². The summed E-state index contributed by atoms with van der Waals surface area (Å²) in [4.78, 5) is 0. The van der Waals surface area contributed by atoms with Crippen LogP contribution < -0.4 is 14.8 Å². The van der Waals surface area contributed by atoms with Crippen LogP contribution >= 0.6 is 0 Å². The highest BCUT2D eigenvalue weighted by Crippen LogP contribution is 2.38. The Kier molecular flexibility index (Phi) is 5.72. The molecular formula is C17H27NO2. The SMILES string of the molecule is CCCCCCC1CC(NC)c2ccc(OC)cc2O1. The molecule has 0 bridgehead atoms. The monoisotopic (exact) mass is 277 g/mol. The molecule has 0 spiro atoms. The molecule has 0 amide bonds. The minimum absolute atomic E-state index is 0.323. The van der Waals surface area contributed by atoms with Crippen molar-refractivity contribution in [1.82, 2.24) is 5.32 Å². The van der Waals surface area contributed by atoms with Gasteiger partial charge < -0.3 is 14.8 Å². The lowest BCUT2D eigenvalue weighted by molar-refractivity contribution is 0.139. The molecule has 1 aliphatic rings. The van der Waals surface area contributed by atoms with Crippen LogP contribution in [0.5, 0.6) is 11.5 Å². The minimum atomic E-state index is 0.323. The number of ether oxygens (including phenoxy) is 2. The summed E-state index contributed by atoms with van der Waals surface area (Å²) < 4.78 is 11.5. The Morgan fingerprint density at radius 1 is 1.30 bits per heavy atom. The second-order valence-corrected chi connectivity index (χ2v) is 5.57. The van der Waals surface area contributed by atoms with E-state index in [4.69, 9.17) is 9.47 Å². The van der Waals surface area contributed by atoms with Crippen molar-refractivity contribution in [3.05, 3.63) is 23.8 Å². The van der Waals surface area contributed by atoms with Gasteiger partial charge in [-0.2, -0.15) is 0 Å². The maximum absolute atomic E-state index is 6.17. The summed E-state index contributed by atoms with van der Waals surface area (Å²) in [6.45, 7) is 2.25. The van der Waals surface area contributed by atoms with Gasteiger partial charge in [-0.15, -0.1) is 0 Å². The molecule has 2 rings (SSSR count). The van der Waals surface area contributed by atoms with Crippen LogP contribution in [0.25, 0.3) is 0 Å². The van der Waals surface area contributed by atoms with E-state index in [1.807, 2.05) is 19.2 Å². The lowest BCUT2D eigenvalue weighted by Crippen LogP contribution is -2.31. The van der Waals surface area contributed by atoms with Crippen molar-refractivity contribution in [3.8, 4) is 11.5 Å². The molecule has 2 atom stereocenters. The molecule has 2 unspecified atom stereocenters. The van der Waals surface area contributed by atoms with Crippen LogP contribution in [0.2, 0.25) is 0 Å². The van der Waals surface area contributed by atoms with Crippen molar-refractivity contribution in [1.29, 1.82) is 0 Å². The van der Waals surface area contributed by atoms with E-state index in [1.54, 1.807) is 7.11 Å². The molecule has 1 N–H and O–H groups in total. The third-order valence-electron chi connectivity index (χ3n) is 4.12. The quantitative estimate of drug-likeness (QED) is 0.762. The fraction of sp³-hybridized carbons (Fsp3) is 0.647. The van der Waals surface area contributed by atoms with Gasteiger partial charge in [-0.05, 0) is 26.0 Å². The van der Waals surface area contributed by atoms with Crippen molar-refractivity contribution in [2.24, 2.45) is 0 Å². The number of rotatable bonds is 7. The number of hydrogen-bond acceptors (Lipinski definition) is 3. The normalized spacial score (nSPS) is 21.1. The molecular weight excluding hydrogens is 250 g/mol. The van der Waals surface area contributed by atoms with Crippen molar-refractivity contribution < 1.29 is 9.47 Å². The number of fused-ring (bicyclic) bond motifs is 1. The van der Waals surface area contributed by atoms with Crippen LogP contribution in [-0.2, 0) is 0 Å². The predicted molar refractivity (Wildman–Crippen MR) is 82.6 cm³/mol. The second-order valence-electron chi connectivity index (χ2n) is 5.57. The van der Waals surface area contributed by atoms with Crippen LogP contribution in [-0.4, -0.2) is 20.3 Å². The molecule has 0 saturated heterocycles. The van der Waals surface area contributed by atoms with E-state index in [0.29, 0.717) is 12.1 Å². The molecule has 0 saturated carbocycles. The van der Waals surface area contributed by atoms with E-state index in [1.165, 1.54) is 31.2 Å². The zero-order valence-electron chi connectivity index (χ0n) is 12.9. The first-order valence-electron chi connectivity index (χ1n) is 7.80. The summed E-state index contributed by atoms with van der Waals surface area (Å²) in [7, 11) is 3.72. The Balaban J connectivity index is 2.02. The number of methoxy groups -OCH3 is 1. The molecule has 1 aromatic carbocycles. The van der Waals surface area contributed by atoms with E-state index >= 15 is 0 Å². The topological polar surface area (TPSA) is 30.5 Å². The summed E-state index contributed by atoms with van der Waals surface area (Å²) >= 11 is 0. The standard InChI is InChI=1S/C17H27NO2/c1-4-5-6-7-8-14-11-16(18-2)15-10-9-13(19-3)12-17(15)20-14/h9-10,12,14,16,18H,4-8,11H2,1-3H3. The van der Waals surface area contributed by atoms with Crippen LogP contribution in [0, 0.1) is 0 Å². The summed E-state index contributed by atoms with van der Waals surface area (Å²) in [6, 6.07) is 6.52. The highest BCUT2D eigenvalue weighted by molar-refractivity contribution is 5.44. The average molecular weight is 277 g/mol. The Bertz CT molecular complexity index is 419. The molecule has 3 heteroatoms. The van der Waals surface area contributed by atoms with E-state index in [-0.39, 0.29) is 0 Å². The number of nitrogens with one attached hydrogen (secondary N) is 1. The summed E-state index contributed by atoms with van der Waals surface area (Å²) in [5.74, 6) is 1.85. The van der Waals surface area contributed by atoms with E-state index in [9.17, 15) is 0 Å². The van der Waals surface area contributed by atoms with Gasteiger partial charge in [0.25, 0.3) is 0 Å². The maximum Gasteiger partial charge on any atom is 0.128 e. The fourth-order valence-corrected chi connectivity index (χ4v) is 2.90. The van der Waals surface area contributed by atoms with Gasteiger partial charge in [0, 0.05) is 24.1 Å². The fourth-order valence-electron chi connectivity index (χ4n) is 2.90. The first kappa shape index (κ1) is 15.2. The van der Waals surface area contributed by atoms with Gasteiger partial charge in [0.05, 0.1) is 7.11 Å². The van der Waals surface area contributed by atoms with Gasteiger partial charge in [-0.1, -0.05) is 32.3 Å². The van der Waals surface area contributed by atoms with Crippen LogP contribution in [0.3, 0.4) is 0 Å². The molecule has 0 radical (unpaired) electrons. The molecule has 20 heavy (non-hydrogen) atoms. The lowest BCUT2D eigenvalue weighted by atomic mass is 9.94. The van der Waals surface area contributed by atoms with E-state index < -0.39 is 0 Å². The molecule has 0 aromatic heterocycles. The summed E-state index contributed by atoms with van der Waals surface area (Å²) in [5.41, 5.74) is 1.25. The molecule has 1 aromatic rings. The van der Waals surface area contributed by atoms with E-state index in [2.05, 4.69) is 18.3 Å². The summed E-state index contributed by atoms with van der Waals surface area (Å²) in [6.07, 6.45) is 7.71. The first-order valence-corrected chi connectivity index (χ1v) is 7.80. The summed E-state index contributed by atoms with van der Waals surface area (Å²) in [5, 5.41) is 3.41. The molecule has 112 valence electrons. The largest absolute Gasteiger partial charge is 0.497 e. The van der Waals surface area contributed by atoms with Crippen molar-refractivity contribution in [2.45, 2.75) is 57.6 Å². The average Bonchev–Trinajstić information content (AvgIpc) is 2.50. The van der Waals surface area contributed by atoms with Gasteiger partial charge in [-0.25, -0.2) is 0 Å². The third-order valence-corrected chi connectivity index (χ3v) is 4.12. The molecule has 1 aliphatic heterocycles. The van der Waals surface area contributed by atoms with Crippen molar-refractivity contribution in [2.75, 3.05) is 14.2 Å². The molecule has 3 nitrogen and oxygen atoms in total.